The van der Waals surface area contributed by atoms with Crippen LogP contribution in [-0.4, -0.2) is 56.4 Å². The predicted octanol–water partition coefficient (Wildman–Crippen LogP) is 0.910. The summed E-state index contributed by atoms with van der Waals surface area (Å²) in [5.74, 6) is 0. The summed E-state index contributed by atoms with van der Waals surface area (Å²) in [5.41, 5.74) is 2.63. The molecule has 0 radical (unpaired) electrons. The lowest BCUT2D eigenvalue weighted by Crippen LogP contribution is -2.32. The Kier molecular flexibility index (Phi) is 5.63. The molecule has 2 N–H and O–H groups in total. The number of hydrogen-bond donors (Lipinski definition) is 2. The quantitative estimate of drug-likeness (QED) is 0.828. The highest BCUT2D eigenvalue weighted by Crippen LogP contribution is 2.17. The smallest absolute Gasteiger partial charge is 0.0558 e. The molecule has 19 heavy (non-hydrogen) atoms. The summed E-state index contributed by atoms with van der Waals surface area (Å²) in [5, 5.41) is 12.2. The van der Waals surface area contributed by atoms with Gasteiger partial charge in [-0.05, 0) is 37.7 Å². The topological polar surface area (TPSA) is 38.7 Å². The molecule has 0 aliphatic carbocycles. The first-order valence-electron chi connectivity index (χ1n) is 7.15. The average molecular weight is 263 g/mol. The minimum absolute atomic E-state index is 0.263. The third-order valence-corrected chi connectivity index (χ3v) is 3.69. The molecule has 4 heteroatoms. The molecule has 1 aromatic rings. The summed E-state index contributed by atoms with van der Waals surface area (Å²) in [6, 6.07) is 8.83. The van der Waals surface area contributed by atoms with Crippen LogP contribution < -0.4 is 10.2 Å². The number of aliphatic hydroxyl groups excluding tert-OH is 1. The van der Waals surface area contributed by atoms with Crippen LogP contribution in [-0.2, 0) is 6.54 Å². The van der Waals surface area contributed by atoms with E-state index >= 15 is 0 Å². The van der Waals surface area contributed by atoms with Gasteiger partial charge < -0.3 is 15.3 Å². The Bertz CT molecular complexity index is 366. The first-order chi connectivity index (χ1) is 9.33. The molecule has 1 aliphatic heterocycles. The number of β-amino-alcohol motifs (C(OH)–C–C–N with tert-alkyl or cyclic N) is 1. The van der Waals surface area contributed by atoms with E-state index in [-0.39, 0.29) is 6.61 Å². The lowest BCUT2D eigenvalue weighted by atomic mass is 10.2. The second-order valence-electron chi connectivity index (χ2n) is 5.10. The summed E-state index contributed by atoms with van der Waals surface area (Å²) in [6.07, 6.45) is 1.16. The summed E-state index contributed by atoms with van der Waals surface area (Å²) >= 11 is 0. The van der Waals surface area contributed by atoms with Crippen molar-refractivity contribution in [2.24, 2.45) is 0 Å². The minimum atomic E-state index is 0.263. The maximum atomic E-state index is 9.01. The first-order valence-corrected chi connectivity index (χ1v) is 7.15. The molecule has 1 aliphatic rings. The van der Waals surface area contributed by atoms with Crippen LogP contribution in [0.2, 0.25) is 0 Å². The molecule has 0 aromatic heterocycles. The molecule has 1 saturated heterocycles. The minimum Gasteiger partial charge on any atom is -0.395 e. The van der Waals surface area contributed by atoms with Gasteiger partial charge in [-0.25, -0.2) is 0 Å². The molecule has 0 unspecified atom stereocenters. The van der Waals surface area contributed by atoms with E-state index in [1.54, 1.807) is 0 Å². The highest BCUT2D eigenvalue weighted by Gasteiger charge is 2.14. The third-order valence-electron chi connectivity index (χ3n) is 3.69. The SMILES string of the molecule is CNCc1ccc(N2CCCN(CCO)CC2)cc1. The second kappa shape index (κ2) is 7.48. The van der Waals surface area contributed by atoms with E-state index in [0.29, 0.717) is 0 Å². The van der Waals surface area contributed by atoms with Crippen LogP contribution in [0.15, 0.2) is 24.3 Å². The van der Waals surface area contributed by atoms with Crippen LogP contribution in [0, 0.1) is 0 Å². The average Bonchev–Trinajstić information content (AvgIpc) is 2.66. The van der Waals surface area contributed by atoms with Crippen molar-refractivity contribution in [2.45, 2.75) is 13.0 Å². The largest absolute Gasteiger partial charge is 0.395 e. The number of hydrogen-bond acceptors (Lipinski definition) is 4. The fourth-order valence-electron chi connectivity index (χ4n) is 2.62. The maximum absolute atomic E-state index is 9.01. The van der Waals surface area contributed by atoms with Crippen LogP contribution in [0.1, 0.15) is 12.0 Å². The van der Waals surface area contributed by atoms with Gasteiger partial charge in [-0.3, -0.25) is 4.90 Å². The summed E-state index contributed by atoms with van der Waals surface area (Å²) in [7, 11) is 1.97. The first kappa shape index (κ1) is 14.3. The Hall–Kier alpha value is -1.10. The van der Waals surface area contributed by atoms with Crippen molar-refractivity contribution in [3.63, 3.8) is 0 Å². The van der Waals surface area contributed by atoms with Crippen molar-refractivity contribution < 1.29 is 5.11 Å². The Morgan fingerprint density at radius 1 is 1.11 bits per heavy atom. The van der Waals surface area contributed by atoms with E-state index < -0.39 is 0 Å². The fraction of sp³-hybridized carbons (Fsp3) is 0.600. The standard InChI is InChI=1S/C15H25N3O/c1-16-13-14-3-5-15(6-4-14)18-8-2-7-17(9-10-18)11-12-19/h3-6,16,19H,2,7-13H2,1H3. The molecule has 0 saturated carbocycles. The third kappa shape index (κ3) is 4.20. The molecule has 1 fully saturated rings. The molecule has 4 nitrogen and oxygen atoms in total. The summed E-state index contributed by atoms with van der Waals surface area (Å²) in [4.78, 5) is 4.79. The fourth-order valence-corrected chi connectivity index (χ4v) is 2.62. The number of rotatable bonds is 5. The highest BCUT2D eigenvalue weighted by molar-refractivity contribution is 5.47. The Morgan fingerprint density at radius 2 is 1.89 bits per heavy atom. The van der Waals surface area contributed by atoms with Gasteiger partial charge in [0.05, 0.1) is 6.61 Å². The maximum Gasteiger partial charge on any atom is 0.0558 e. The van der Waals surface area contributed by atoms with Gasteiger partial charge in [0, 0.05) is 38.4 Å². The Labute approximate surface area is 116 Å². The van der Waals surface area contributed by atoms with Crippen molar-refractivity contribution in [2.75, 3.05) is 51.3 Å². The van der Waals surface area contributed by atoms with Crippen molar-refractivity contribution >= 4 is 5.69 Å². The molecular weight excluding hydrogens is 238 g/mol. The normalized spacial score (nSPS) is 17.5. The van der Waals surface area contributed by atoms with Crippen LogP contribution >= 0.6 is 0 Å². The van der Waals surface area contributed by atoms with Gasteiger partial charge >= 0.3 is 0 Å². The molecule has 0 bridgehead atoms. The second-order valence-corrected chi connectivity index (χ2v) is 5.10. The van der Waals surface area contributed by atoms with Gasteiger partial charge in [0.25, 0.3) is 0 Å². The van der Waals surface area contributed by atoms with E-state index in [2.05, 4.69) is 39.4 Å². The predicted molar refractivity (Wildman–Crippen MR) is 79.6 cm³/mol. The van der Waals surface area contributed by atoms with E-state index in [4.69, 9.17) is 5.11 Å². The zero-order chi connectivity index (χ0) is 13.5. The van der Waals surface area contributed by atoms with Gasteiger partial charge in [0.15, 0.2) is 0 Å². The van der Waals surface area contributed by atoms with Crippen molar-refractivity contribution in [1.82, 2.24) is 10.2 Å². The number of nitrogens with one attached hydrogen (secondary N) is 1. The summed E-state index contributed by atoms with van der Waals surface area (Å²) < 4.78 is 0. The number of aliphatic hydroxyl groups is 1. The van der Waals surface area contributed by atoms with Crippen LogP contribution in [0.5, 0.6) is 0 Å². The van der Waals surface area contributed by atoms with E-state index in [1.165, 1.54) is 11.3 Å². The van der Waals surface area contributed by atoms with Crippen molar-refractivity contribution in [1.29, 1.82) is 0 Å². The lowest BCUT2D eigenvalue weighted by molar-refractivity contribution is 0.204. The van der Waals surface area contributed by atoms with Crippen molar-refractivity contribution in [3.05, 3.63) is 29.8 Å². The molecule has 0 amide bonds. The molecular formula is C15H25N3O. The molecule has 106 valence electrons. The van der Waals surface area contributed by atoms with Crippen molar-refractivity contribution in [3.8, 4) is 0 Å². The van der Waals surface area contributed by atoms with E-state index in [9.17, 15) is 0 Å². The zero-order valence-corrected chi connectivity index (χ0v) is 11.8. The van der Waals surface area contributed by atoms with Crippen LogP contribution in [0.4, 0.5) is 5.69 Å². The Morgan fingerprint density at radius 3 is 2.58 bits per heavy atom. The van der Waals surface area contributed by atoms with Gasteiger partial charge in [-0.1, -0.05) is 12.1 Å². The highest BCUT2D eigenvalue weighted by atomic mass is 16.3. The van der Waals surface area contributed by atoms with Crippen LogP contribution in [0.25, 0.3) is 0 Å². The Balaban J connectivity index is 1.93. The van der Waals surface area contributed by atoms with E-state index in [0.717, 1.165) is 45.7 Å². The number of nitrogens with zero attached hydrogens (tertiary/aromatic N) is 2. The van der Waals surface area contributed by atoms with Gasteiger partial charge in [0.2, 0.25) is 0 Å². The van der Waals surface area contributed by atoms with Gasteiger partial charge in [-0.15, -0.1) is 0 Å². The zero-order valence-electron chi connectivity index (χ0n) is 11.8. The number of anilines is 1. The monoisotopic (exact) mass is 263 g/mol. The van der Waals surface area contributed by atoms with Crippen LogP contribution in [0.3, 0.4) is 0 Å². The van der Waals surface area contributed by atoms with Gasteiger partial charge in [0.1, 0.15) is 0 Å². The molecule has 1 heterocycles. The molecule has 2 rings (SSSR count). The molecule has 1 aromatic carbocycles. The summed E-state index contributed by atoms with van der Waals surface area (Å²) in [6.45, 7) is 6.27. The molecule has 0 atom stereocenters. The lowest BCUT2D eigenvalue weighted by Gasteiger charge is -2.23. The van der Waals surface area contributed by atoms with Gasteiger partial charge in [-0.2, -0.15) is 0 Å². The molecule has 0 spiro atoms. The number of benzene rings is 1. The van der Waals surface area contributed by atoms with E-state index in [1.807, 2.05) is 7.05 Å².